The van der Waals surface area contributed by atoms with E-state index in [4.69, 9.17) is 10.2 Å². The molecule has 0 atom stereocenters. The third-order valence-electron chi connectivity index (χ3n) is 4.37. The molecule has 2 aromatic rings. The van der Waals surface area contributed by atoms with E-state index in [1.54, 1.807) is 0 Å². The average Bonchev–Trinajstić information content (AvgIpc) is 2.75. The minimum absolute atomic E-state index is 0.102. The Labute approximate surface area is 187 Å². The fraction of sp³-hybridized carbons (Fsp3) is 0.304. The monoisotopic (exact) mass is 465 g/mol. The number of likely N-dealkylation sites (N-methyl/N-ethyl adjacent to an activating group) is 1. The summed E-state index contributed by atoms with van der Waals surface area (Å²) < 4.78 is 37.2. The van der Waals surface area contributed by atoms with E-state index in [0.29, 0.717) is 18.6 Å². The van der Waals surface area contributed by atoms with Crippen LogP contribution in [0.1, 0.15) is 18.4 Å². The van der Waals surface area contributed by atoms with Gasteiger partial charge in [-0.05, 0) is 62.7 Å². The summed E-state index contributed by atoms with van der Waals surface area (Å²) in [6, 6.07) is 15.3. The molecule has 0 saturated carbocycles. The standard InChI is InChI=1S/C19H24FNO2S.C4H4O4/c1-21(15-13-17-7-3-2-4-8-17)14-5-6-16-24(22,23)19-11-9-18(20)10-12-19;5-3(6)1-2-4(7)8/h2-4,7-12H,5-6,13-16H2,1H3;1-2H,(H,5,6)(H,7,8). The van der Waals surface area contributed by atoms with Crippen molar-refractivity contribution in [3.05, 3.63) is 78.1 Å². The van der Waals surface area contributed by atoms with Crippen LogP contribution in [0.2, 0.25) is 0 Å². The van der Waals surface area contributed by atoms with Crippen molar-refractivity contribution < 1.29 is 32.6 Å². The molecule has 174 valence electrons. The lowest BCUT2D eigenvalue weighted by Crippen LogP contribution is -2.23. The lowest BCUT2D eigenvalue weighted by atomic mass is 10.1. The summed E-state index contributed by atoms with van der Waals surface area (Å²) in [5.74, 6) is -2.83. The van der Waals surface area contributed by atoms with Crippen molar-refractivity contribution in [1.82, 2.24) is 4.90 Å². The Kier molecular flexibility index (Phi) is 11.9. The summed E-state index contributed by atoms with van der Waals surface area (Å²) >= 11 is 0. The molecule has 32 heavy (non-hydrogen) atoms. The van der Waals surface area contributed by atoms with Gasteiger partial charge in [0, 0.05) is 18.7 Å². The van der Waals surface area contributed by atoms with Crippen LogP contribution in [0, 0.1) is 5.82 Å². The maximum atomic E-state index is 12.9. The molecule has 0 radical (unpaired) electrons. The number of carbonyl (C=O) groups is 2. The van der Waals surface area contributed by atoms with E-state index in [0.717, 1.165) is 25.9 Å². The summed E-state index contributed by atoms with van der Waals surface area (Å²) in [6.07, 6.45) is 3.54. The van der Waals surface area contributed by atoms with Gasteiger partial charge < -0.3 is 15.1 Å². The van der Waals surface area contributed by atoms with E-state index >= 15 is 0 Å². The highest BCUT2D eigenvalue weighted by Crippen LogP contribution is 2.13. The molecule has 2 rings (SSSR count). The topological polar surface area (TPSA) is 112 Å². The first-order chi connectivity index (χ1) is 15.1. The van der Waals surface area contributed by atoms with Crippen LogP contribution in [0.4, 0.5) is 4.39 Å². The predicted octanol–water partition coefficient (Wildman–Crippen LogP) is 3.27. The number of halogens is 1. The largest absolute Gasteiger partial charge is 0.478 e. The van der Waals surface area contributed by atoms with Gasteiger partial charge in [0.25, 0.3) is 0 Å². The molecule has 0 aliphatic heterocycles. The molecule has 2 N–H and O–H groups in total. The van der Waals surface area contributed by atoms with E-state index in [1.165, 1.54) is 29.8 Å². The molecule has 2 aromatic carbocycles. The Morgan fingerprint density at radius 3 is 2.00 bits per heavy atom. The number of aliphatic carboxylic acids is 2. The van der Waals surface area contributed by atoms with Crippen LogP contribution < -0.4 is 0 Å². The average molecular weight is 466 g/mol. The van der Waals surface area contributed by atoms with Crippen LogP contribution in [-0.4, -0.2) is 61.4 Å². The molecule has 0 amide bonds. The zero-order valence-electron chi connectivity index (χ0n) is 17.9. The van der Waals surface area contributed by atoms with Gasteiger partial charge in [0.05, 0.1) is 10.6 Å². The highest BCUT2D eigenvalue weighted by atomic mass is 32.2. The maximum Gasteiger partial charge on any atom is 0.328 e. The van der Waals surface area contributed by atoms with E-state index in [1.807, 2.05) is 18.2 Å². The quantitative estimate of drug-likeness (QED) is 0.298. The van der Waals surface area contributed by atoms with Crippen LogP contribution in [0.25, 0.3) is 0 Å². The second-order valence-electron chi connectivity index (χ2n) is 7.03. The SMILES string of the molecule is CN(CCCCS(=O)(=O)c1ccc(F)cc1)CCc1ccccc1.O=C(O)C=CC(=O)O. The molecule has 0 saturated heterocycles. The van der Waals surface area contributed by atoms with E-state index in [9.17, 15) is 22.4 Å². The molecule has 0 spiro atoms. The van der Waals surface area contributed by atoms with Gasteiger partial charge in [-0.2, -0.15) is 0 Å². The molecule has 0 unspecified atom stereocenters. The highest BCUT2D eigenvalue weighted by molar-refractivity contribution is 7.91. The number of nitrogens with zero attached hydrogens (tertiary/aromatic N) is 1. The van der Waals surface area contributed by atoms with E-state index in [-0.39, 0.29) is 10.6 Å². The van der Waals surface area contributed by atoms with Crippen LogP contribution >= 0.6 is 0 Å². The normalized spacial score (nSPS) is 11.2. The van der Waals surface area contributed by atoms with Gasteiger partial charge in [-0.1, -0.05) is 30.3 Å². The molecule has 0 aliphatic rings. The first-order valence-corrected chi connectivity index (χ1v) is 11.6. The third-order valence-corrected chi connectivity index (χ3v) is 6.19. The van der Waals surface area contributed by atoms with Gasteiger partial charge in [0.1, 0.15) is 5.82 Å². The molecule has 0 fully saturated rings. The van der Waals surface area contributed by atoms with Crippen molar-refractivity contribution in [2.75, 3.05) is 25.9 Å². The summed E-state index contributed by atoms with van der Waals surface area (Å²) in [6.45, 7) is 1.82. The number of unbranched alkanes of at least 4 members (excludes halogenated alkanes) is 1. The molecule has 0 heterocycles. The first kappa shape index (κ1) is 27.0. The first-order valence-electron chi connectivity index (χ1n) is 9.95. The minimum atomic E-state index is -3.32. The molecule has 0 aliphatic carbocycles. The van der Waals surface area contributed by atoms with Crippen molar-refractivity contribution in [1.29, 1.82) is 0 Å². The smallest absolute Gasteiger partial charge is 0.328 e. The summed E-state index contributed by atoms with van der Waals surface area (Å²) in [4.78, 5) is 21.5. The second-order valence-corrected chi connectivity index (χ2v) is 9.14. The summed E-state index contributed by atoms with van der Waals surface area (Å²) in [5.41, 5.74) is 1.31. The van der Waals surface area contributed by atoms with Crippen LogP contribution in [0.15, 0.2) is 71.6 Å². The zero-order chi connectivity index (χ0) is 24.0. The lowest BCUT2D eigenvalue weighted by molar-refractivity contribution is -0.134. The number of hydrogen-bond donors (Lipinski definition) is 2. The van der Waals surface area contributed by atoms with Crippen LogP contribution in [-0.2, 0) is 25.8 Å². The van der Waals surface area contributed by atoms with Crippen molar-refractivity contribution in [2.24, 2.45) is 0 Å². The number of rotatable bonds is 11. The Balaban J connectivity index is 0.000000547. The number of carboxylic acids is 2. The van der Waals surface area contributed by atoms with Crippen molar-refractivity contribution >= 4 is 21.8 Å². The summed E-state index contributed by atoms with van der Waals surface area (Å²) in [7, 11) is -1.26. The van der Waals surface area contributed by atoms with Gasteiger partial charge >= 0.3 is 11.9 Å². The number of hydrogen-bond acceptors (Lipinski definition) is 5. The van der Waals surface area contributed by atoms with Gasteiger partial charge in [-0.15, -0.1) is 0 Å². The van der Waals surface area contributed by atoms with E-state index in [2.05, 4.69) is 24.1 Å². The second kappa shape index (κ2) is 14.1. The third kappa shape index (κ3) is 12.0. The fourth-order valence-corrected chi connectivity index (χ4v) is 4.02. The molecule has 7 nitrogen and oxygen atoms in total. The zero-order valence-corrected chi connectivity index (χ0v) is 18.7. The van der Waals surface area contributed by atoms with Crippen LogP contribution in [0.5, 0.6) is 0 Å². The molecule has 0 bridgehead atoms. The van der Waals surface area contributed by atoms with Crippen LogP contribution in [0.3, 0.4) is 0 Å². The molecule has 9 heteroatoms. The lowest BCUT2D eigenvalue weighted by Gasteiger charge is -2.16. The number of carboxylic acid groups (broad SMARTS) is 2. The van der Waals surface area contributed by atoms with Crippen molar-refractivity contribution in [3.63, 3.8) is 0 Å². The predicted molar refractivity (Wildman–Crippen MR) is 120 cm³/mol. The Morgan fingerprint density at radius 1 is 0.906 bits per heavy atom. The molecule has 0 aromatic heterocycles. The Bertz CT molecular complexity index is 959. The number of benzene rings is 2. The van der Waals surface area contributed by atoms with Gasteiger partial charge in [-0.3, -0.25) is 0 Å². The van der Waals surface area contributed by atoms with Gasteiger partial charge in [0.15, 0.2) is 9.84 Å². The minimum Gasteiger partial charge on any atom is -0.478 e. The number of sulfone groups is 1. The summed E-state index contributed by atoms with van der Waals surface area (Å²) in [5, 5.41) is 15.6. The fourth-order valence-electron chi connectivity index (χ4n) is 2.65. The van der Waals surface area contributed by atoms with Gasteiger partial charge in [0.2, 0.25) is 0 Å². The molecular formula is C23H28FNO6S. The Morgan fingerprint density at radius 2 is 1.47 bits per heavy atom. The highest BCUT2D eigenvalue weighted by Gasteiger charge is 2.14. The van der Waals surface area contributed by atoms with Crippen molar-refractivity contribution in [3.8, 4) is 0 Å². The molecular weight excluding hydrogens is 437 g/mol. The van der Waals surface area contributed by atoms with Gasteiger partial charge in [-0.25, -0.2) is 22.4 Å². The van der Waals surface area contributed by atoms with Crippen molar-refractivity contribution in [2.45, 2.75) is 24.2 Å². The maximum absolute atomic E-state index is 12.9. The van der Waals surface area contributed by atoms with E-state index < -0.39 is 27.6 Å². The Hall–Kier alpha value is -3.04.